The van der Waals surface area contributed by atoms with Gasteiger partial charge < -0.3 is 14.4 Å². The van der Waals surface area contributed by atoms with E-state index in [4.69, 9.17) is 9.47 Å². The molecule has 0 atom stereocenters. The van der Waals surface area contributed by atoms with E-state index in [0.29, 0.717) is 13.2 Å². The standard InChI is InChI=1S/C23H29N2O2S2/c1-2-6-25-19-20-4-5-23(18-21(20)17-22(25)3-1)24-7-13-28-15-11-26-9-10-27-12-16-29-14-8-24/h1-6,17-19H,7-16H2/q+1. The van der Waals surface area contributed by atoms with Crippen LogP contribution in [0.15, 0.2) is 54.9 Å². The van der Waals surface area contributed by atoms with E-state index in [9.17, 15) is 0 Å². The van der Waals surface area contributed by atoms with Crippen molar-refractivity contribution < 1.29 is 13.9 Å². The van der Waals surface area contributed by atoms with Crippen LogP contribution in [0.5, 0.6) is 0 Å². The number of aromatic nitrogens is 1. The highest BCUT2D eigenvalue weighted by molar-refractivity contribution is 7.99. The zero-order chi connectivity index (χ0) is 19.7. The van der Waals surface area contributed by atoms with E-state index in [-0.39, 0.29) is 0 Å². The number of benzene rings is 1. The minimum absolute atomic E-state index is 0.710. The Bertz CT molecular complexity index is 906. The molecule has 0 unspecified atom stereocenters. The molecule has 1 aliphatic rings. The first kappa shape index (κ1) is 20.8. The molecule has 0 radical (unpaired) electrons. The van der Waals surface area contributed by atoms with E-state index in [0.717, 1.165) is 49.3 Å². The molecule has 1 aromatic carbocycles. The molecule has 1 aliphatic heterocycles. The van der Waals surface area contributed by atoms with Crippen LogP contribution in [-0.4, -0.2) is 62.5 Å². The van der Waals surface area contributed by atoms with Crippen molar-refractivity contribution in [2.75, 3.05) is 67.4 Å². The third-order valence-corrected chi connectivity index (χ3v) is 6.92. The van der Waals surface area contributed by atoms with E-state index in [1.807, 2.05) is 23.5 Å². The maximum atomic E-state index is 5.64. The van der Waals surface area contributed by atoms with Gasteiger partial charge in [-0.3, -0.25) is 0 Å². The molecule has 6 heteroatoms. The summed E-state index contributed by atoms with van der Waals surface area (Å²) in [4.78, 5) is 2.53. The largest absolute Gasteiger partial charge is 0.378 e. The molecule has 3 aromatic rings. The van der Waals surface area contributed by atoms with E-state index in [1.165, 1.54) is 22.0 Å². The Morgan fingerprint density at radius 3 is 2.28 bits per heavy atom. The smallest absolute Gasteiger partial charge is 0.211 e. The van der Waals surface area contributed by atoms with Crippen molar-refractivity contribution in [3.05, 3.63) is 54.9 Å². The SMILES string of the molecule is c1cc[n+]2cc3ccc(N4CCSCCOCCOCCSCC4)cc3cc2c1. The van der Waals surface area contributed by atoms with Gasteiger partial charge in [-0.1, -0.05) is 0 Å². The fourth-order valence-electron chi connectivity index (χ4n) is 3.50. The molecule has 1 saturated heterocycles. The number of ether oxygens (including phenoxy) is 2. The number of rotatable bonds is 1. The first-order chi connectivity index (χ1) is 14.4. The molecule has 2 aromatic heterocycles. The van der Waals surface area contributed by atoms with E-state index in [1.54, 1.807) is 0 Å². The Hall–Kier alpha value is -1.47. The first-order valence-corrected chi connectivity index (χ1v) is 12.6. The summed E-state index contributed by atoms with van der Waals surface area (Å²) in [5.74, 6) is 4.33. The second-order valence-electron chi connectivity index (χ2n) is 7.06. The lowest BCUT2D eigenvalue weighted by Crippen LogP contribution is -2.28. The molecule has 3 heterocycles. The van der Waals surface area contributed by atoms with Crippen LogP contribution >= 0.6 is 23.5 Å². The predicted octanol–water partition coefficient (Wildman–Crippen LogP) is 3.90. The van der Waals surface area contributed by atoms with Crippen LogP contribution in [-0.2, 0) is 9.47 Å². The lowest BCUT2D eigenvalue weighted by atomic mass is 10.1. The van der Waals surface area contributed by atoms with Gasteiger partial charge in [0.05, 0.1) is 26.4 Å². The summed E-state index contributed by atoms with van der Waals surface area (Å²) in [7, 11) is 0. The van der Waals surface area contributed by atoms with E-state index < -0.39 is 0 Å². The number of hydrogen-bond acceptors (Lipinski definition) is 5. The van der Waals surface area contributed by atoms with Crippen LogP contribution in [0.1, 0.15) is 0 Å². The summed E-state index contributed by atoms with van der Waals surface area (Å²) in [5, 5.41) is 2.57. The molecule has 0 spiro atoms. The number of thioether (sulfide) groups is 2. The minimum atomic E-state index is 0.710. The normalized spacial score (nSPS) is 18.4. The highest BCUT2D eigenvalue weighted by Crippen LogP contribution is 2.23. The topological polar surface area (TPSA) is 25.8 Å². The molecule has 0 amide bonds. The number of hydrogen-bond donors (Lipinski definition) is 0. The van der Waals surface area contributed by atoms with Gasteiger partial charge in [0.15, 0.2) is 12.4 Å². The van der Waals surface area contributed by atoms with Crippen LogP contribution in [0.25, 0.3) is 16.3 Å². The first-order valence-electron chi connectivity index (χ1n) is 10.3. The Morgan fingerprint density at radius 1 is 0.759 bits per heavy atom. The molecule has 0 N–H and O–H groups in total. The summed E-state index contributed by atoms with van der Waals surface area (Å²) in [5.41, 5.74) is 2.54. The molecular weight excluding hydrogens is 400 g/mol. The zero-order valence-corrected chi connectivity index (χ0v) is 18.4. The Labute approximate surface area is 181 Å². The number of fused-ring (bicyclic) bond motifs is 2. The van der Waals surface area contributed by atoms with Crippen LogP contribution in [0, 0.1) is 0 Å². The van der Waals surface area contributed by atoms with Crippen LogP contribution in [0.4, 0.5) is 5.69 Å². The third-order valence-electron chi connectivity index (χ3n) is 5.07. The summed E-state index contributed by atoms with van der Waals surface area (Å²) in [6.07, 6.45) is 4.32. The molecule has 0 aliphatic carbocycles. The molecule has 0 saturated carbocycles. The van der Waals surface area contributed by atoms with Gasteiger partial charge in [0.2, 0.25) is 5.52 Å². The maximum Gasteiger partial charge on any atom is 0.211 e. The lowest BCUT2D eigenvalue weighted by molar-refractivity contribution is -0.510. The van der Waals surface area contributed by atoms with Crippen LogP contribution in [0.3, 0.4) is 0 Å². The van der Waals surface area contributed by atoms with Crippen molar-refractivity contribution in [1.29, 1.82) is 0 Å². The molecule has 4 rings (SSSR count). The summed E-state index contributed by atoms with van der Waals surface area (Å²) < 4.78 is 13.5. The van der Waals surface area contributed by atoms with Crippen LogP contribution < -0.4 is 9.30 Å². The molecule has 154 valence electrons. The third kappa shape index (κ3) is 6.01. The summed E-state index contributed by atoms with van der Waals surface area (Å²) >= 11 is 3.94. The van der Waals surface area contributed by atoms with Gasteiger partial charge in [0.1, 0.15) is 0 Å². The van der Waals surface area contributed by atoms with Crippen molar-refractivity contribution in [2.24, 2.45) is 0 Å². The summed E-state index contributed by atoms with van der Waals surface area (Å²) in [6, 6.07) is 15.5. The van der Waals surface area contributed by atoms with E-state index >= 15 is 0 Å². The fourth-order valence-corrected chi connectivity index (χ4v) is 5.08. The van der Waals surface area contributed by atoms with E-state index in [2.05, 4.69) is 64.2 Å². The van der Waals surface area contributed by atoms with Crippen LogP contribution in [0.2, 0.25) is 0 Å². The maximum absolute atomic E-state index is 5.64. The second kappa shape index (κ2) is 11.1. The molecular formula is C23H29N2O2S2+. The molecule has 1 fully saturated rings. The lowest BCUT2D eigenvalue weighted by Gasteiger charge is -2.25. The Morgan fingerprint density at radius 2 is 1.52 bits per heavy atom. The number of anilines is 1. The minimum Gasteiger partial charge on any atom is -0.378 e. The average molecular weight is 430 g/mol. The Kier molecular flexibility index (Phi) is 7.93. The van der Waals surface area contributed by atoms with Gasteiger partial charge in [-0.2, -0.15) is 27.9 Å². The molecule has 29 heavy (non-hydrogen) atoms. The van der Waals surface area contributed by atoms with Crippen molar-refractivity contribution in [2.45, 2.75) is 0 Å². The van der Waals surface area contributed by atoms with Crippen molar-refractivity contribution in [3.8, 4) is 0 Å². The van der Waals surface area contributed by atoms with Crippen molar-refractivity contribution in [3.63, 3.8) is 0 Å². The number of pyridine rings is 2. The van der Waals surface area contributed by atoms with Gasteiger partial charge in [-0.25, -0.2) is 0 Å². The monoisotopic (exact) mass is 429 g/mol. The summed E-state index contributed by atoms with van der Waals surface area (Å²) in [6.45, 7) is 5.17. The zero-order valence-electron chi connectivity index (χ0n) is 16.8. The quantitative estimate of drug-likeness (QED) is 0.432. The van der Waals surface area contributed by atoms with Crippen molar-refractivity contribution in [1.82, 2.24) is 0 Å². The number of nitrogens with zero attached hydrogens (tertiary/aromatic N) is 2. The second-order valence-corrected chi connectivity index (χ2v) is 9.51. The fraction of sp³-hybridized carbons (Fsp3) is 0.435. The highest BCUT2D eigenvalue weighted by atomic mass is 32.2. The van der Waals surface area contributed by atoms with Gasteiger partial charge in [0.25, 0.3) is 0 Å². The van der Waals surface area contributed by atoms with Gasteiger partial charge >= 0.3 is 0 Å². The average Bonchev–Trinajstić information content (AvgIpc) is 2.76. The van der Waals surface area contributed by atoms with Gasteiger partial charge in [-0.15, -0.1) is 0 Å². The van der Waals surface area contributed by atoms with Gasteiger partial charge in [0, 0.05) is 65.4 Å². The predicted molar refractivity (Wildman–Crippen MR) is 126 cm³/mol. The Balaban J connectivity index is 1.50. The molecule has 0 bridgehead atoms. The highest BCUT2D eigenvalue weighted by Gasteiger charge is 2.10. The van der Waals surface area contributed by atoms with Crippen molar-refractivity contribution >= 4 is 45.5 Å². The van der Waals surface area contributed by atoms with Gasteiger partial charge in [-0.05, 0) is 29.7 Å². The molecule has 4 nitrogen and oxygen atoms in total.